The summed E-state index contributed by atoms with van der Waals surface area (Å²) in [7, 11) is -3.04. The maximum absolute atomic E-state index is 11.4. The third-order valence-corrected chi connectivity index (χ3v) is 4.57. The number of aromatic nitrogens is 2. The lowest BCUT2D eigenvalue weighted by Gasteiger charge is -2.12. The van der Waals surface area contributed by atoms with E-state index in [1.54, 1.807) is 12.4 Å². The lowest BCUT2D eigenvalue weighted by Crippen LogP contribution is -2.27. The van der Waals surface area contributed by atoms with Crippen LogP contribution in [0.3, 0.4) is 0 Å². The number of rotatable bonds is 3. The molecular formula is C10H14BrN3O2S. The van der Waals surface area contributed by atoms with Crippen LogP contribution in [0, 0.1) is 5.92 Å². The highest BCUT2D eigenvalue weighted by Crippen LogP contribution is 2.21. The lowest BCUT2D eigenvalue weighted by molar-refractivity contribution is 0.459. The van der Waals surface area contributed by atoms with E-state index in [0.717, 1.165) is 18.5 Å². The Labute approximate surface area is 109 Å². The summed E-state index contributed by atoms with van der Waals surface area (Å²) in [4.78, 5) is 8.36. The van der Waals surface area contributed by atoms with Gasteiger partial charge in [0, 0.05) is 19.3 Å². The van der Waals surface area contributed by atoms with Crippen LogP contribution in [0.1, 0.15) is 12.1 Å². The van der Waals surface area contributed by atoms with Gasteiger partial charge in [0.1, 0.15) is 4.60 Å². The molecule has 1 aliphatic heterocycles. The summed E-state index contributed by atoms with van der Waals surface area (Å²) < 4.78 is 25.0. The molecule has 2 heterocycles. The first-order chi connectivity index (χ1) is 7.95. The molecule has 1 aliphatic rings. The van der Waals surface area contributed by atoms with Crippen molar-refractivity contribution in [1.82, 2.24) is 14.3 Å². The Kier molecular flexibility index (Phi) is 3.79. The van der Waals surface area contributed by atoms with Crippen molar-refractivity contribution in [2.24, 2.45) is 5.92 Å². The summed E-state index contributed by atoms with van der Waals surface area (Å²) in [6.07, 6.45) is 6.33. The number of nitrogens with zero attached hydrogens (tertiary/aromatic N) is 3. The molecule has 0 radical (unpaired) electrons. The molecule has 0 saturated carbocycles. The normalized spacial score (nSPS) is 21.9. The van der Waals surface area contributed by atoms with Crippen LogP contribution in [0.4, 0.5) is 0 Å². The third-order valence-electron chi connectivity index (χ3n) is 2.89. The van der Waals surface area contributed by atoms with Gasteiger partial charge in [0.05, 0.1) is 18.1 Å². The number of hydrogen-bond acceptors (Lipinski definition) is 4. The second-order valence-electron chi connectivity index (χ2n) is 4.31. The quantitative estimate of drug-likeness (QED) is 0.835. The number of hydrogen-bond donors (Lipinski definition) is 0. The van der Waals surface area contributed by atoms with Crippen LogP contribution < -0.4 is 0 Å². The fourth-order valence-corrected chi connectivity index (χ4v) is 3.13. The van der Waals surface area contributed by atoms with Crippen molar-refractivity contribution in [3.05, 3.63) is 22.7 Å². The molecular weight excluding hydrogens is 306 g/mol. The van der Waals surface area contributed by atoms with Crippen molar-refractivity contribution in [3.8, 4) is 0 Å². The van der Waals surface area contributed by atoms with Crippen molar-refractivity contribution in [3.63, 3.8) is 0 Å². The predicted octanol–water partition coefficient (Wildman–Crippen LogP) is 1.06. The van der Waals surface area contributed by atoms with Crippen LogP contribution in [0.15, 0.2) is 17.0 Å². The van der Waals surface area contributed by atoms with Gasteiger partial charge >= 0.3 is 0 Å². The summed E-state index contributed by atoms with van der Waals surface area (Å²) in [6, 6.07) is 0. The molecule has 1 atom stereocenters. The van der Waals surface area contributed by atoms with Gasteiger partial charge in [-0.05, 0) is 34.7 Å². The number of sulfonamides is 1. The Balaban J connectivity index is 1.96. The molecule has 2 rings (SSSR count). The zero-order valence-electron chi connectivity index (χ0n) is 9.50. The predicted molar refractivity (Wildman–Crippen MR) is 68.0 cm³/mol. The van der Waals surface area contributed by atoms with Gasteiger partial charge in [-0.25, -0.2) is 17.7 Å². The van der Waals surface area contributed by atoms with Gasteiger partial charge in [0.25, 0.3) is 0 Å². The molecule has 5 nitrogen and oxygen atoms in total. The molecule has 1 saturated heterocycles. The maximum Gasteiger partial charge on any atom is 0.211 e. The Morgan fingerprint density at radius 1 is 1.47 bits per heavy atom. The zero-order valence-corrected chi connectivity index (χ0v) is 11.9. The SMILES string of the molecule is CS(=O)(=O)N1CC[C@H](Cc2cnc(Br)cn2)C1. The van der Waals surface area contributed by atoms with Gasteiger partial charge < -0.3 is 0 Å². The molecule has 0 bridgehead atoms. The first kappa shape index (κ1) is 12.9. The Morgan fingerprint density at radius 3 is 2.76 bits per heavy atom. The minimum atomic E-state index is -3.04. The largest absolute Gasteiger partial charge is 0.257 e. The van der Waals surface area contributed by atoms with Gasteiger partial charge in [0.15, 0.2) is 0 Å². The smallest absolute Gasteiger partial charge is 0.211 e. The van der Waals surface area contributed by atoms with Crippen molar-refractivity contribution >= 4 is 26.0 Å². The molecule has 0 aliphatic carbocycles. The van der Waals surface area contributed by atoms with E-state index in [-0.39, 0.29) is 0 Å². The Bertz CT molecular complexity index is 489. The Hall–Kier alpha value is -0.530. The lowest BCUT2D eigenvalue weighted by atomic mass is 10.0. The molecule has 0 unspecified atom stereocenters. The van der Waals surface area contributed by atoms with E-state index in [0.29, 0.717) is 23.6 Å². The molecule has 0 aromatic carbocycles. The molecule has 1 fully saturated rings. The van der Waals surface area contributed by atoms with E-state index >= 15 is 0 Å². The zero-order chi connectivity index (χ0) is 12.5. The Morgan fingerprint density at radius 2 is 2.24 bits per heavy atom. The van der Waals surface area contributed by atoms with Crippen molar-refractivity contribution in [2.75, 3.05) is 19.3 Å². The van der Waals surface area contributed by atoms with Gasteiger partial charge in [-0.2, -0.15) is 0 Å². The first-order valence-electron chi connectivity index (χ1n) is 5.36. The van der Waals surface area contributed by atoms with Gasteiger partial charge in [-0.3, -0.25) is 4.98 Å². The second-order valence-corrected chi connectivity index (χ2v) is 7.11. The van der Waals surface area contributed by atoms with E-state index in [1.807, 2.05) is 0 Å². The standard InChI is InChI=1S/C10H14BrN3O2S/c1-17(15,16)14-3-2-8(7-14)4-9-5-13-10(11)6-12-9/h5-6,8H,2-4,7H2,1H3/t8-/m1/s1. The highest BCUT2D eigenvalue weighted by molar-refractivity contribution is 9.10. The number of halogens is 1. The minimum Gasteiger partial charge on any atom is -0.257 e. The summed E-state index contributed by atoms with van der Waals surface area (Å²) in [6.45, 7) is 1.21. The highest BCUT2D eigenvalue weighted by Gasteiger charge is 2.28. The van der Waals surface area contributed by atoms with Crippen LogP contribution in [0.2, 0.25) is 0 Å². The van der Waals surface area contributed by atoms with Gasteiger partial charge in [-0.1, -0.05) is 0 Å². The van der Waals surface area contributed by atoms with Crippen LogP contribution in [-0.4, -0.2) is 42.0 Å². The molecule has 17 heavy (non-hydrogen) atoms. The molecule has 7 heteroatoms. The van der Waals surface area contributed by atoms with E-state index in [2.05, 4.69) is 25.9 Å². The molecule has 0 N–H and O–H groups in total. The monoisotopic (exact) mass is 319 g/mol. The van der Waals surface area contributed by atoms with Gasteiger partial charge in [0.2, 0.25) is 10.0 Å². The molecule has 1 aromatic rings. The summed E-state index contributed by atoms with van der Waals surface area (Å²) in [5.41, 5.74) is 0.911. The maximum atomic E-state index is 11.4. The average molecular weight is 320 g/mol. The van der Waals surface area contributed by atoms with E-state index in [4.69, 9.17) is 0 Å². The topological polar surface area (TPSA) is 63.2 Å². The van der Waals surface area contributed by atoms with Crippen LogP contribution in [0.25, 0.3) is 0 Å². The molecule has 0 amide bonds. The van der Waals surface area contributed by atoms with Crippen LogP contribution >= 0.6 is 15.9 Å². The van der Waals surface area contributed by atoms with Crippen molar-refractivity contribution in [2.45, 2.75) is 12.8 Å². The summed E-state index contributed by atoms with van der Waals surface area (Å²) in [5.74, 6) is 0.347. The van der Waals surface area contributed by atoms with E-state index in [1.165, 1.54) is 10.6 Å². The molecule has 94 valence electrons. The fourth-order valence-electron chi connectivity index (χ4n) is 2.01. The van der Waals surface area contributed by atoms with Crippen LogP contribution in [-0.2, 0) is 16.4 Å². The average Bonchev–Trinajstić information content (AvgIpc) is 2.69. The van der Waals surface area contributed by atoms with Gasteiger partial charge in [-0.15, -0.1) is 0 Å². The minimum absolute atomic E-state index is 0.347. The second kappa shape index (κ2) is 4.99. The van der Waals surface area contributed by atoms with E-state index in [9.17, 15) is 8.42 Å². The third kappa shape index (κ3) is 3.46. The van der Waals surface area contributed by atoms with Crippen molar-refractivity contribution in [1.29, 1.82) is 0 Å². The molecule has 0 spiro atoms. The fraction of sp³-hybridized carbons (Fsp3) is 0.600. The van der Waals surface area contributed by atoms with Crippen molar-refractivity contribution < 1.29 is 8.42 Å². The summed E-state index contributed by atoms with van der Waals surface area (Å²) >= 11 is 3.23. The van der Waals surface area contributed by atoms with Crippen LogP contribution in [0.5, 0.6) is 0 Å². The molecule has 1 aromatic heterocycles. The summed E-state index contributed by atoms with van der Waals surface area (Å²) in [5, 5.41) is 0. The van der Waals surface area contributed by atoms with E-state index < -0.39 is 10.0 Å². The highest BCUT2D eigenvalue weighted by atomic mass is 79.9. The first-order valence-corrected chi connectivity index (χ1v) is 8.01.